The summed E-state index contributed by atoms with van der Waals surface area (Å²) in [5, 5.41) is 21.7. The van der Waals surface area contributed by atoms with Crippen LogP contribution < -0.4 is 4.90 Å². The summed E-state index contributed by atoms with van der Waals surface area (Å²) >= 11 is 0. The highest BCUT2D eigenvalue weighted by Gasteiger charge is 2.53. The zero-order valence-corrected chi connectivity index (χ0v) is 14.8. The normalized spacial score (nSPS) is 26.7. The lowest BCUT2D eigenvalue weighted by Crippen LogP contribution is -2.64. The smallest absolute Gasteiger partial charge is 0.313 e. The number of piperidine rings is 2. The molecule has 1 aromatic heterocycles. The maximum atomic E-state index is 12.4. The summed E-state index contributed by atoms with van der Waals surface area (Å²) < 4.78 is 0. The van der Waals surface area contributed by atoms with Crippen LogP contribution in [0.25, 0.3) is 10.8 Å². The van der Waals surface area contributed by atoms with Gasteiger partial charge >= 0.3 is 5.97 Å². The van der Waals surface area contributed by atoms with Crippen LogP contribution in [0.1, 0.15) is 19.3 Å². The predicted molar refractivity (Wildman–Crippen MR) is 100 cm³/mol. The molecule has 26 heavy (non-hydrogen) atoms. The van der Waals surface area contributed by atoms with Crippen LogP contribution in [0, 0.1) is 5.41 Å². The van der Waals surface area contributed by atoms with Crippen molar-refractivity contribution in [2.24, 2.45) is 5.41 Å². The predicted octanol–water partition coefficient (Wildman–Crippen LogP) is 1.97. The summed E-state index contributed by atoms with van der Waals surface area (Å²) in [4.78, 5) is 21.3. The number of benzene rings is 1. The fraction of sp³-hybridized carbons (Fsp3) is 0.500. The first-order valence-electron chi connectivity index (χ1n) is 9.33. The average Bonchev–Trinajstić information content (AvgIpc) is 2.67. The van der Waals surface area contributed by atoms with Gasteiger partial charge in [-0.25, -0.2) is 4.98 Å². The lowest BCUT2D eigenvalue weighted by atomic mass is 9.69. The van der Waals surface area contributed by atoms with E-state index in [0.717, 1.165) is 42.5 Å². The Balaban J connectivity index is 1.70. The molecule has 2 aliphatic rings. The van der Waals surface area contributed by atoms with Gasteiger partial charge in [-0.1, -0.05) is 24.3 Å². The second-order valence-corrected chi connectivity index (χ2v) is 7.41. The molecular formula is C20H25N3O3. The van der Waals surface area contributed by atoms with Crippen LogP contribution in [-0.4, -0.2) is 64.9 Å². The summed E-state index contributed by atoms with van der Waals surface area (Å²) in [5.41, 5.74) is -0.801. The minimum absolute atomic E-state index is 0.0212. The van der Waals surface area contributed by atoms with Crippen LogP contribution in [0.3, 0.4) is 0 Å². The molecule has 2 saturated heterocycles. The number of carboxylic acid groups (broad SMARTS) is 1. The number of aliphatic carboxylic acids is 1. The maximum absolute atomic E-state index is 12.4. The van der Waals surface area contributed by atoms with Gasteiger partial charge in [0.25, 0.3) is 0 Å². The molecule has 3 heterocycles. The van der Waals surface area contributed by atoms with Crippen LogP contribution >= 0.6 is 0 Å². The molecule has 6 nitrogen and oxygen atoms in total. The number of β-amino-alcohol motifs (C(OH)–C–C–N with tert-alkyl or cyclic N) is 1. The lowest BCUT2D eigenvalue weighted by Gasteiger charge is -2.53. The third-order valence-corrected chi connectivity index (χ3v) is 6.06. The molecule has 0 spiro atoms. The summed E-state index contributed by atoms with van der Waals surface area (Å²) in [7, 11) is 0. The van der Waals surface area contributed by atoms with Crippen LogP contribution in [0.4, 0.5) is 5.82 Å². The van der Waals surface area contributed by atoms with Crippen LogP contribution in [-0.2, 0) is 4.79 Å². The van der Waals surface area contributed by atoms with Gasteiger partial charge in [0.15, 0.2) is 0 Å². The number of pyridine rings is 1. The highest BCUT2D eigenvalue weighted by atomic mass is 16.4. The third kappa shape index (κ3) is 2.73. The van der Waals surface area contributed by atoms with E-state index >= 15 is 0 Å². The van der Waals surface area contributed by atoms with E-state index in [-0.39, 0.29) is 12.6 Å². The van der Waals surface area contributed by atoms with Gasteiger partial charge in [0.1, 0.15) is 11.2 Å². The largest absolute Gasteiger partial charge is 0.481 e. The number of nitrogens with zero attached hydrogens (tertiary/aromatic N) is 3. The van der Waals surface area contributed by atoms with Gasteiger partial charge in [0.05, 0.1) is 6.61 Å². The number of aromatic nitrogens is 1. The summed E-state index contributed by atoms with van der Waals surface area (Å²) in [6.45, 7) is 2.73. The van der Waals surface area contributed by atoms with Crippen molar-refractivity contribution in [3.63, 3.8) is 0 Å². The van der Waals surface area contributed by atoms with Crippen molar-refractivity contribution in [3.05, 3.63) is 36.5 Å². The van der Waals surface area contributed by atoms with Crippen molar-refractivity contribution in [2.75, 3.05) is 37.7 Å². The number of aliphatic hydroxyl groups is 1. The molecule has 1 aromatic carbocycles. The molecule has 0 bridgehead atoms. The Hall–Kier alpha value is -2.18. The van der Waals surface area contributed by atoms with Gasteiger partial charge in [-0.3, -0.25) is 9.69 Å². The van der Waals surface area contributed by atoms with E-state index in [0.29, 0.717) is 19.5 Å². The molecule has 0 unspecified atom stereocenters. The number of carboxylic acids is 1. The standard InChI is InChI=1S/C20H25N3O3/c24-13-12-22-10-3-8-20(19(25)26)14-23(11-7-17(20)22)18-16-5-2-1-4-15(16)6-9-21-18/h1-2,4-6,9,17,24H,3,7-8,10-14H2,(H,25,26)/t17-,20+/m1/s1. The summed E-state index contributed by atoms with van der Waals surface area (Å²) in [6, 6.07) is 10.1. The topological polar surface area (TPSA) is 76.9 Å². The van der Waals surface area contributed by atoms with Crippen molar-refractivity contribution >= 4 is 22.6 Å². The maximum Gasteiger partial charge on any atom is 0.313 e. The number of hydrogen-bond donors (Lipinski definition) is 2. The fourth-order valence-electron chi connectivity index (χ4n) is 4.86. The number of rotatable bonds is 4. The molecule has 6 heteroatoms. The zero-order chi connectivity index (χ0) is 18.1. The molecule has 2 N–H and O–H groups in total. The average molecular weight is 355 g/mol. The van der Waals surface area contributed by atoms with Crippen LogP contribution in [0.15, 0.2) is 36.5 Å². The fourth-order valence-corrected chi connectivity index (χ4v) is 4.86. The number of anilines is 1. The van der Waals surface area contributed by atoms with E-state index in [9.17, 15) is 15.0 Å². The molecule has 2 fully saturated rings. The molecule has 2 aliphatic heterocycles. The van der Waals surface area contributed by atoms with Gasteiger partial charge in [-0.2, -0.15) is 0 Å². The van der Waals surface area contributed by atoms with Gasteiger partial charge < -0.3 is 15.1 Å². The van der Waals surface area contributed by atoms with Gasteiger partial charge in [0.2, 0.25) is 0 Å². The number of hydrogen-bond acceptors (Lipinski definition) is 5. The molecule has 0 radical (unpaired) electrons. The van der Waals surface area contributed by atoms with Gasteiger partial charge in [0, 0.05) is 37.3 Å². The Morgan fingerprint density at radius 1 is 1.27 bits per heavy atom. The Morgan fingerprint density at radius 2 is 2.12 bits per heavy atom. The minimum Gasteiger partial charge on any atom is -0.481 e. The van der Waals surface area contributed by atoms with E-state index in [1.165, 1.54) is 0 Å². The number of aliphatic hydroxyl groups excluding tert-OH is 1. The first kappa shape index (κ1) is 17.2. The van der Waals surface area contributed by atoms with Crippen molar-refractivity contribution in [3.8, 4) is 0 Å². The summed E-state index contributed by atoms with van der Waals surface area (Å²) in [5.74, 6) is 0.150. The highest BCUT2D eigenvalue weighted by Crippen LogP contribution is 2.43. The van der Waals surface area contributed by atoms with E-state index in [4.69, 9.17) is 0 Å². The third-order valence-electron chi connectivity index (χ3n) is 6.06. The number of fused-ring (bicyclic) bond motifs is 2. The van der Waals surface area contributed by atoms with Gasteiger partial charge in [-0.15, -0.1) is 0 Å². The van der Waals surface area contributed by atoms with Crippen molar-refractivity contribution in [1.82, 2.24) is 9.88 Å². The van der Waals surface area contributed by atoms with Crippen molar-refractivity contribution in [1.29, 1.82) is 0 Å². The molecule has 138 valence electrons. The molecule has 2 atom stereocenters. The monoisotopic (exact) mass is 355 g/mol. The molecular weight excluding hydrogens is 330 g/mol. The molecule has 0 amide bonds. The van der Waals surface area contributed by atoms with Crippen LogP contribution in [0.5, 0.6) is 0 Å². The Kier molecular flexibility index (Phi) is 4.54. The van der Waals surface area contributed by atoms with Crippen molar-refractivity contribution in [2.45, 2.75) is 25.3 Å². The number of likely N-dealkylation sites (tertiary alicyclic amines) is 1. The lowest BCUT2D eigenvalue weighted by molar-refractivity contribution is -0.158. The van der Waals surface area contributed by atoms with E-state index in [1.807, 2.05) is 18.2 Å². The minimum atomic E-state index is -0.801. The van der Waals surface area contributed by atoms with Crippen LogP contribution in [0.2, 0.25) is 0 Å². The Bertz CT molecular complexity index is 804. The Labute approximate surface area is 153 Å². The van der Waals surface area contributed by atoms with E-state index in [2.05, 4.69) is 26.9 Å². The highest BCUT2D eigenvalue weighted by molar-refractivity contribution is 5.92. The van der Waals surface area contributed by atoms with E-state index < -0.39 is 11.4 Å². The summed E-state index contributed by atoms with van der Waals surface area (Å²) in [6.07, 6.45) is 4.10. The molecule has 0 aliphatic carbocycles. The zero-order valence-electron chi connectivity index (χ0n) is 14.8. The Morgan fingerprint density at radius 3 is 2.92 bits per heavy atom. The first-order valence-corrected chi connectivity index (χ1v) is 9.33. The first-order chi connectivity index (χ1) is 12.7. The SMILES string of the molecule is O=C(O)[C@]12CCCN(CCO)[C@@H]1CCN(c1nccc3ccccc13)C2. The van der Waals surface area contributed by atoms with Gasteiger partial charge in [-0.05, 0) is 37.3 Å². The second-order valence-electron chi connectivity index (χ2n) is 7.41. The molecule has 2 aromatic rings. The number of carbonyl (C=O) groups is 1. The van der Waals surface area contributed by atoms with Crippen molar-refractivity contribution < 1.29 is 15.0 Å². The van der Waals surface area contributed by atoms with E-state index in [1.54, 1.807) is 6.20 Å². The molecule has 0 saturated carbocycles. The second kappa shape index (κ2) is 6.85. The molecule has 4 rings (SSSR count). The quantitative estimate of drug-likeness (QED) is 0.873.